The molecule has 37 heavy (non-hydrogen) atoms. The van der Waals surface area contributed by atoms with Gasteiger partial charge in [-0.25, -0.2) is 21.6 Å². The van der Waals surface area contributed by atoms with Crippen LogP contribution in [0.4, 0.5) is 5.69 Å². The van der Waals surface area contributed by atoms with Gasteiger partial charge >= 0.3 is 5.97 Å². The minimum Gasteiger partial charge on any atom is -0.452 e. The molecule has 0 saturated carbocycles. The van der Waals surface area contributed by atoms with Crippen LogP contribution in [0, 0.1) is 6.92 Å². The number of morpholine rings is 1. The highest BCUT2D eigenvalue weighted by atomic mass is 32.2. The normalized spacial score (nSPS) is 17.4. The van der Waals surface area contributed by atoms with Gasteiger partial charge in [0.2, 0.25) is 20.0 Å². The summed E-state index contributed by atoms with van der Waals surface area (Å²) < 4.78 is 64.1. The van der Waals surface area contributed by atoms with E-state index in [1.54, 1.807) is 13.0 Å². The molecule has 1 N–H and O–H groups in total. The Hall–Kier alpha value is -2.84. The van der Waals surface area contributed by atoms with Crippen LogP contribution in [0.2, 0.25) is 0 Å². The molecular weight excluding hydrogens is 522 g/mol. The number of benzene rings is 2. The molecule has 0 bridgehead atoms. The first-order valence-corrected chi connectivity index (χ1v) is 14.7. The summed E-state index contributed by atoms with van der Waals surface area (Å²) in [7, 11) is -7.35. The lowest BCUT2D eigenvalue weighted by molar-refractivity contribution is -0.119. The zero-order valence-electron chi connectivity index (χ0n) is 20.4. The van der Waals surface area contributed by atoms with Gasteiger partial charge in [-0.3, -0.25) is 4.79 Å². The number of nitrogens with zero attached hydrogens (tertiary/aromatic N) is 2. The third-order valence-corrected chi connectivity index (χ3v) is 10.0. The van der Waals surface area contributed by atoms with E-state index in [1.165, 1.54) is 45.0 Å². The van der Waals surface area contributed by atoms with Crippen molar-refractivity contribution < 1.29 is 35.9 Å². The lowest BCUT2D eigenvalue weighted by atomic mass is 10.2. The van der Waals surface area contributed by atoms with Crippen LogP contribution < -0.4 is 5.32 Å². The van der Waals surface area contributed by atoms with Gasteiger partial charge in [-0.2, -0.15) is 8.61 Å². The van der Waals surface area contributed by atoms with Gasteiger partial charge in [-0.1, -0.05) is 6.07 Å². The summed E-state index contributed by atoms with van der Waals surface area (Å²) in [5.41, 5.74) is 1.02. The Kier molecular flexibility index (Phi) is 8.29. The quantitative estimate of drug-likeness (QED) is 0.488. The van der Waals surface area contributed by atoms with Crippen molar-refractivity contribution >= 4 is 37.6 Å². The Balaban J connectivity index is 1.36. The highest BCUT2D eigenvalue weighted by molar-refractivity contribution is 7.89. The second kappa shape index (κ2) is 11.3. The van der Waals surface area contributed by atoms with Crippen LogP contribution in [0.5, 0.6) is 0 Å². The summed E-state index contributed by atoms with van der Waals surface area (Å²) in [5.74, 6) is -1.44. The smallest absolute Gasteiger partial charge is 0.338 e. The van der Waals surface area contributed by atoms with Crippen LogP contribution in [0.3, 0.4) is 0 Å². The van der Waals surface area contributed by atoms with Gasteiger partial charge in [0.25, 0.3) is 5.91 Å². The number of ether oxygens (including phenoxy) is 2. The van der Waals surface area contributed by atoms with Crippen LogP contribution in [0.15, 0.2) is 52.3 Å². The van der Waals surface area contributed by atoms with Crippen molar-refractivity contribution in [2.45, 2.75) is 29.6 Å². The predicted molar refractivity (Wildman–Crippen MR) is 134 cm³/mol. The summed E-state index contributed by atoms with van der Waals surface area (Å²) in [6, 6.07) is 9.80. The van der Waals surface area contributed by atoms with E-state index in [9.17, 15) is 26.4 Å². The summed E-state index contributed by atoms with van der Waals surface area (Å²) in [5, 5.41) is 2.58. The van der Waals surface area contributed by atoms with E-state index >= 15 is 0 Å². The van der Waals surface area contributed by atoms with Crippen molar-refractivity contribution in [3.8, 4) is 0 Å². The molecule has 0 radical (unpaired) electrons. The molecule has 0 aromatic heterocycles. The van der Waals surface area contributed by atoms with E-state index in [0.717, 1.165) is 12.8 Å². The summed E-state index contributed by atoms with van der Waals surface area (Å²) >= 11 is 0. The van der Waals surface area contributed by atoms with Crippen molar-refractivity contribution in [3.05, 3.63) is 53.6 Å². The van der Waals surface area contributed by atoms with Crippen LogP contribution in [0.1, 0.15) is 28.8 Å². The molecule has 2 fully saturated rings. The number of esters is 1. The standard InChI is InChI=1S/C24H29N3O8S2/c1-18-4-7-21(37(32,33)27-12-14-34-15-13-27)16-22(18)25-23(28)17-35-24(29)19-5-8-20(9-6-19)36(30,31)26-10-2-3-11-26/h4-9,16H,2-3,10-15,17H2,1H3,(H,25,28). The van der Waals surface area contributed by atoms with Gasteiger partial charge in [0.1, 0.15) is 0 Å². The van der Waals surface area contributed by atoms with Crippen molar-refractivity contribution in [2.24, 2.45) is 0 Å². The molecule has 0 unspecified atom stereocenters. The molecule has 13 heteroatoms. The van der Waals surface area contributed by atoms with E-state index in [0.29, 0.717) is 31.9 Å². The largest absolute Gasteiger partial charge is 0.452 e. The maximum atomic E-state index is 12.9. The second-order valence-corrected chi connectivity index (χ2v) is 12.6. The average molecular weight is 552 g/mol. The van der Waals surface area contributed by atoms with Crippen molar-refractivity contribution in [2.75, 3.05) is 51.3 Å². The summed E-state index contributed by atoms with van der Waals surface area (Å²) in [6.07, 6.45) is 1.64. The number of rotatable bonds is 8. The van der Waals surface area contributed by atoms with Crippen molar-refractivity contribution in [3.63, 3.8) is 0 Å². The van der Waals surface area contributed by atoms with Crippen molar-refractivity contribution in [1.29, 1.82) is 0 Å². The molecule has 4 rings (SSSR count). The van der Waals surface area contributed by atoms with Crippen LogP contribution in [-0.2, 0) is 34.3 Å². The molecule has 2 aliphatic heterocycles. The molecule has 2 aliphatic rings. The monoisotopic (exact) mass is 551 g/mol. The van der Waals surface area contributed by atoms with Gasteiger partial charge in [0.15, 0.2) is 6.61 Å². The van der Waals surface area contributed by atoms with Gasteiger partial charge < -0.3 is 14.8 Å². The molecule has 11 nitrogen and oxygen atoms in total. The SMILES string of the molecule is Cc1ccc(S(=O)(=O)N2CCOCC2)cc1NC(=O)COC(=O)c1ccc(S(=O)(=O)N2CCCC2)cc1. The number of nitrogens with one attached hydrogen (secondary N) is 1. The minimum absolute atomic E-state index is 0.0382. The fourth-order valence-corrected chi connectivity index (χ4v) is 7.03. The number of aryl methyl sites for hydroxylation is 1. The second-order valence-electron chi connectivity index (χ2n) is 8.75. The Bertz CT molecular complexity index is 1360. The van der Waals surface area contributed by atoms with E-state index in [4.69, 9.17) is 9.47 Å². The Morgan fingerprint density at radius 2 is 1.43 bits per heavy atom. The van der Waals surface area contributed by atoms with E-state index in [-0.39, 0.29) is 34.1 Å². The lowest BCUT2D eigenvalue weighted by Gasteiger charge is -2.26. The molecule has 0 atom stereocenters. The molecular formula is C24H29N3O8S2. The lowest BCUT2D eigenvalue weighted by Crippen LogP contribution is -2.40. The average Bonchev–Trinajstić information content (AvgIpc) is 3.45. The van der Waals surface area contributed by atoms with Crippen molar-refractivity contribution in [1.82, 2.24) is 8.61 Å². The molecule has 0 aliphatic carbocycles. The first-order valence-electron chi connectivity index (χ1n) is 11.8. The maximum absolute atomic E-state index is 12.9. The third-order valence-electron chi connectivity index (χ3n) is 6.22. The summed E-state index contributed by atoms with van der Waals surface area (Å²) in [6.45, 7) is 3.19. The maximum Gasteiger partial charge on any atom is 0.338 e. The zero-order valence-corrected chi connectivity index (χ0v) is 22.0. The fourth-order valence-electron chi connectivity index (χ4n) is 4.07. The van der Waals surface area contributed by atoms with Gasteiger partial charge in [-0.05, 0) is 61.7 Å². The Morgan fingerprint density at radius 3 is 2.08 bits per heavy atom. The molecule has 2 heterocycles. The van der Waals surface area contributed by atoms with E-state index in [2.05, 4.69) is 5.32 Å². The van der Waals surface area contributed by atoms with Gasteiger partial charge in [-0.15, -0.1) is 0 Å². The molecule has 0 spiro atoms. The molecule has 2 aromatic carbocycles. The van der Waals surface area contributed by atoms with E-state index < -0.39 is 38.5 Å². The topological polar surface area (TPSA) is 139 Å². The molecule has 200 valence electrons. The Morgan fingerprint density at radius 1 is 0.865 bits per heavy atom. The minimum atomic E-state index is -3.75. The first-order chi connectivity index (χ1) is 17.6. The highest BCUT2D eigenvalue weighted by Crippen LogP contribution is 2.24. The predicted octanol–water partition coefficient (Wildman–Crippen LogP) is 1.60. The highest BCUT2D eigenvalue weighted by Gasteiger charge is 2.28. The Labute approximate surface area is 216 Å². The number of hydrogen-bond acceptors (Lipinski definition) is 8. The number of hydrogen-bond donors (Lipinski definition) is 1. The van der Waals surface area contributed by atoms with Crippen LogP contribution in [0.25, 0.3) is 0 Å². The first kappa shape index (κ1) is 27.2. The number of amides is 1. The molecule has 2 aromatic rings. The molecule has 2 saturated heterocycles. The number of anilines is 1. The summed E-state index contributed by atoms with van der Waals surface area (Å²) in [4.78, 5) is 25.0. The fraction of sp³-hybridized carbons (Fsp3) is 0.417. The van der Waals surface area contributed by atoms with Crippen LogP contribution >= 0.6 is 0 Å². The van der Waals surface area contributed by atoms with Crippen LogP contribution in [-0.4, -0.2) is 83.3 Å². The number of sulfonamides is 2. The van der Waals surface area contributed by atoms with Gasteiger partial charge in [0.05, 0.1) is 28.6 Å². The van der Waals surface area contributed by atoms with Gasteiger partial charge in [0, 0.05) is 31.9 Å². The van der Waals surface area contributed by atoms with E-state index in [1.807, 2.05) is 0 Å². The number of carbonyl (C=O) groups excluding carboxylic acids is 2. The zero-order chi connectivity index (χ0) is 26.6. The molecule has 1 amide bonds. The number of carbonyl (C=O) groups is 2. The third kappa shape index (κ3) is 6.18.